The van der Waals surface area contributed by atoms with Crippen LogP contribution in [0.5, 0.6) is 0 Å². The van der Waals surface area contributed by atoms with Gasteiger partial charge < -0.3 is 14.6 Å². The molecule has 0 bridgehead atoms. The molecule has 0 saturated carbocycles. The largest absolute Gasteiger partial charge is 0.336 e. The number of rotatable bonds is 8. The van der Waals surface area contributed by atoms with Crippen LogP contribution >= 0.6 is 11.8 Å². The van der Waals surface area contributed by atoms with Crippen molar-refractivity contribution in [3.63, 3.8) is 0 Å². The highest BCUT2D eigenvalue weighted by Gasteiger charge is 2.13. The van der Waals surface area contributed by atoms with E-state index < -0.39 is 0 Å². The number of aromatic nitrogens is 2. The molecule has 3 rings (SSSR count). The summed E-state index contributed by atoms with van der Waals surface area (Å²) in [5.41, 5.74) is 3.79. The zero-order chi connectivity index (χ0) is 19.9. The number of carbonyl (C=O) groups is 2. The summed E-state index contributed by atoms with van der Waals surface area (Å²) in [6, 6.07) is 13.5. The van der Waals surface area contributed by atoms with Crippen molar-refractivity contribution in [2.45, 2.75) is 19.1 Å². The quantitative estimate of drug-likeness (QED) is 0.593. The van der Waals surface area contributed by atoms with Gasteiger partial charge in [0.1, 0.15) is 5.65 Å². The highest BCUT2D eigenvalue weighted by atomic mass is 32.2. The van der Waals surface area contributed by atoms with Crippen molar-refractivity contribution in [1.29, 1.82) is 0 Å². The lowest BCUT2D eigenvalue weighted by molar-refractivity contribution is -0.132. The van der Waals surface area contributed by atoms with Crippen LogP contribution in [0.4, 0.5) is 5.69 Å². The fraction of sp³-hybridized carbons (Fsp3) is 0.286. The maximum atomic E-state index is 12.2. The van der Waals surface area contributed by atoms with Gasteiger partial charge in [0.2, 0.25) is 11.8 Å². The number of pyridine rings is 1. The number of aryl methyl sites for hydroxylation is 1. The Labute approximate surface area is 169 Å². The van der Waals surface area contributed by atoms with Gasteiger partial charge in [0.25, 0.3) is 0 Å². The van der Waals surface area contributed by atoms with Gasteiger partial charge in [-0.3, -0.25) is 9.59 Å². The van der Waals surface area contributed by atoms with E-state index in [0.29, 0.717) is 12.2 Å². The molecule has 2 heterocycles. The lowest BCUT2D eigenvalue weighted by atomic mass is 10.2. The van der Waals surface area contributed by atoms with Crippen LogP contribution in [-0.2, 0) is 15.3 Å². The van der Waals surface area contributed by atoms with E-state index in [0.717, 1.165) is 28.3 Å². The van der Waals surface area contributed by atoms with E-state index in [1.54, 1.807) is 18.8 Å². The van der Waals surface area contributed by atoms with Crippen LogP contribution in [0.25, 0.3) is 5.65 Å². The first kappa shape index (κ1) is 19.9. The van der Waals surface area contributed by atoms with Crippen molar-refractivity contribution < 1.29 is 9.59 Å². The number of imidazole rings is 1. The molecule has 7 heteroatoms. The summed E-state index contributed by atoms with van der Waals surface area (Å²) >= 11 is 1.67. The molecule has 0 atom stereocenters. The second kappa shape index (κ2) is 9.41. The molecule has 0 unspecified atom stereocenters. The Hall–Kier alpha value is -2.80. The van der Waals surface area contributed by atoms with Gasteiger partial charge in [0.05, 0.1) is 12.2 Å². The minimum absolute atomic E-state index is 0.0402. The lowest BCUT2D eigenvalue weighted by Gasteiger charge is -2.16. The number of hydrogen-bond acceptors (Lipinski definition) is 4. The number of amides is 2. The third-order valence-electron chi connectivity index (χ3n) is 4.27. The first-order valence-electron chi connectivity index (χ1n) is 9.12. The van der Waals surface area contributed by atoms with E-state index in [1.807, 2.05) is 66.2 Å². The van der Waals surface area contributed by atoms with Crippen LogP contribution in [0, 0.1) is 6.92 Å². The SMILES string of the molecule is Cc1ccc(NC(=O)CN(C)C(=O)CCSCc2cn3ccccc3n2)cc1. The Morgan fingerprint density at radius 3 is 2.71 bits per heavy atom. The van der Waals surface area contributed by atoms with E-state index in [2.05, 4.69) is 10.3 Å². The van der Waals surface area contributed by atoms with Gasteiger partial charge in [-0.1, -0.05) is 23.8 Å². The zero-order valence-corrected chi connectivity index (χ0v) is 16.9. The van der Waals surface area contributed by atoms with Gasteiger partial charge >= 0.3 is 0 Å². The lowest BCUT2D eigenvalue weighted by Crippen LogP contribution is -2.35. The fourth-order valence-electron chi connectivity index (χ4n) is 2.72. The van der Waals surface area contributed by atoms with Crippen molar-refractivity contribution in [2.24, 2.45) is 0 Å². The van der Waals surface area contributed by atoms with Crippen LogP contribution < -0.4 is 5.32 Å². The number of nitrogens with zero attached hydrogens (tertiary/aromatic N) is 3. The molecule has 6 nitrogen and oxygen atoms in total. The topological polar surface area (TPSA) is 66.7 Å². The van der Waals surface area contributed by atoms with Crippen LogP contribution in [0.1, 0.15) is 17.7 Å². The van der Waals surface area contributed by atoms with E-state index in [9.17, 15) is 9.59 Å². The molecule has 0 aliphatic heterocycles. The molecule has 3 aromatic rings. The molecule has 1 N–H and O–H groups in total. The first-order valence-corrected chi connectivity index (χ1v) is 10.3. The van der Waals surface area contributed by atoms with Gasteiger partial charge in [-0.05, 0) is 31.2 Å². The summed E-state index contributed by atoms with van der Waals surface area (Å²) in [4.78, 5) is 30.3. The van der Waals surface area contributed by atoms with Gasteiger partial charge in [-0.2, -0.15) is 11.8 Å². The summed E-state index contributed by atoms with van der Waals surface area (Å²) in [7, 11) is 1.66. The Morgan fingerprint density at radius 1 is 1.18 bits per heavy atom. The highest BCUT2D eigenvalue weighted by molar-refractivity contribution is 7.98. The molecule has 2 amide bonds. The summed E-state index contributed by atoms with van der Waals surface area (Å²) in [5, 5.41) is 2.81. The van der Waals surface area contributed by atoms with Gasteiger partial charge in [0.15, 0.2) is 0 Å². The maximum absolute atomic E-state index is 12.2. The van der Waals surface area contributed by atoms with Crippen LogP contribution in [-0.4, -0.2) is 45.4 Å². The second-order valence-corrected chi connectivity index (χ2v) is 7.77. The molecular formula is C21H24N4O2S. The van der Waals surface area contributed by atoms with Crippen LogP contribution in [0.15, 0.2) is 54.9 Å². The molecule has 0 aliphatic carbocycles. The highest BCUT2D eigenvalue weighted by Crippen LogP contribution is 2.14. The van der Waals surface area contributed by atoms with Crippen molar-refractivity contribution in [1.82, 2.24) is 14.3 Å². The standard InChI is InChI=1S/C21H24N4O2S/c1-16-6-8-17(9-7-16)23-20(26)14-24(2)21(27)10-12-28-15-18-13-25-11-4-3-5-19(25)22-18/h3-9,11,13H,10,12,14-15H2,1-2H3,(H,23,26). The predicted molar refractivity (Wildman–Crippen MR) is 113 cm³/mol. The minimum atomic E-state index is -0.197. The number of thioether (sulfide) groups is 1. The first-order chi connectivity index (χ1) is 13.5. The summed E-state index contributed by atoms with van der Waals surface area (Å²) in [5.74, 6) is 1.21. The molecule has 1 aromatic carbocycles. The monoisotopic (exact) mass is 396 g/mol. The average molecular weight is 397 g/mol. The molecular weight excluding hydrogens is 372 g/mol. The smallest absolute Gasteiger partial charge is 0.243 e. The molecule has 0 fully saturated rings. The number of anilines is 1. The summed E-state index contributed by atoms with van der Waals surface area (Å²) in [6.45, 7) is 2.04. The molecule has 28 heavy (non-hydrogen) atoms. The average Bonchev–Trinajstić information content (AvgIpc) is 3.09. The third-order valence-corrected chi connectivity index (χ3v) is 5.26. The van der Waals surface area contributed by atoms with E-state index in [4.69, 9.17) is 0 Å². The Balaban J connectivity index is 1.37. The van der Waals surface area contributed by atoms with E-state index in [-0.39, 0.29) is 18.4 Å². The Bertz CT molecular complexity index is 919. The Morgan fingerprint density at radius 2 is 1.96 bits per heavy atom. The van der Waals surface area contributed by atoms with Crippen LogP contribution in [0.3, 0.4) is 0 Å². The minimum Gasteiger partial charge on any atom is -0.336 e. The number of carbonyl (C=O) groups excluding carboxylic acids is 2. The molecule has 146 valence electrons. The number of hydrogen-bond donors (Lipinski definition) is 1. The third kappa shape index (κ3) is 5.60. The van der Waals surface area contributed by atoms with E-state index in [1.165, 1.54) is 4.90 Å². The van der Waals surface area contributed by atoms with Crippen LogP contribution in [0.2, 0.25) is 0 Å². The fourth-order valence-corrected chi connectivity index (χ4v) is 3.54. The molecule has 0 spiro atoms. The van der Waals surface area contributed by atoms with Gasteiger partial charge in [-0.25, -0.2) is 4.98 Å². The predicted octanol–water partition coefficient (Wildman–Crippen LogP) is 3.36. The number of fused-ring (bicyclic) bond motifs is 1. The maximum Gasteiger partial charge on any atom is 0.243 e. The van der Waals surface area contributed by atoms with Crippen molar-refractivity contribution in [2.75, 3.05) is 24.7 Å². The summed E-state index contributed by atoms with van der Waals surface area (Å²) < 4.78 is 1.99. The normalized spacial score (nSPS) is 10.8. The summed E-state index contributed by atoms with van der Waals surface area (Å²) in [6.07, 6.45) is 4.37. The molecule has 0 aliphatic rings. The Kier molecular flexibility index (Phi) is 6.71. The zero-order valence-electron chi connectivity index (χ0n) is 16.1. The van der Waals surface area contributed by atoms with Gasteiger partial charge in [0, 0.05) is 43.1 Å². The van der Waals surface area contributed by atoms with Gasteiger partial charge in [-0.15, -0.1) is 0 Å². The number of nitrogens with one attached hydrogen (secondary N) is 1. The number of likely N-dealkylation sites (N-methyl/N-ethyl adjacent to an activating group) is 1. The van der Waals surface area contributed by atoms with E-state index >= 15 is 0 Å². The second-order valence-electron chi connectivity index (χ2n) is 6.66. The molecule has 2 aromatic heterocycles. The number of benzene rings is 1. The molecule has 0 radical (unpaired) electrons. The van der Waals surface area contributed by atoms with Crippen molar-refractivity contribution >= 4 is 34.9 Å². The van der Waals surface area contributed by atoms with Crippen molar-refractivity contribution in [3.8, 4) is 0 Å². The molecule has 0 saturated heterocycles. The van der Waals surface area contributed by atoms with Crippen molar-refractivity contribution in [3.05, 3.63) is 66.1 Å².